The molecule has 0 fully saturated rings. The minimum atomic E-state index is -0.556. The highest BCUT2D eigenvalue weighted by molar-refractivity contribution is 8.01. The van der Waals surface area contributed by atoms with Crippen LogP contribution in [0.3, 0.4) is 0 Å². The van der Waals surface area contributed by atoms with Gasteiger partial charge in [0.15, 0.2) is 4.71 Å². The molecule has 0 amide bonds. The van der Waals surface area contributed by atoms with E-state index in [9.17, 15) is 9.59 Å². The van der Waals surface area contributed by atoms with Crippen molar-refractivity contribution in [2.45, 2.75) is 4.71 Å². The molecule has 90 valence electrons. The second-order valence-electron chi connectivity index (χ2n) is 2.08. The second kappa shape index (κ2) is 12.0. The summed E-state index contributed by atoms with van der Waals surface area (Å²) in [6, 6.07) is 0. The SMILES string of the molecule is COC(=O)C(Cl)SC.COC(=O)CSC. The third-order valence-corrected chi connectivity index (χ3v) is 2.93. The molecule has 0 heterocycles. The number of thioether (sulfide) groups is 2. The Balaban J connectivity index is 0. The van der Waals surface area contributed by atoms with E-state index >= 15 is 0 Å². The third-order valence-electron chi connectivity index (χ3n) is 1.08. The Morgan fingerprint density at radius 1 is 1.27 bits per heavy atom. The average Bonchev–Trinajstić information content (AvgIpc) is 2.27. The molecule has 0 aliphatic rings. The van der Waals surface area contributed by atoms with Gasteiger partial charge in [0.1, 0.15) is 0 Å². The van der Waals surface area contributed by atoms with E-state index in [4.69, 9.17) is 11.6 Å². The van der Waals surface area contributed by atoms with Gasteiger partial charge in [-0.05, 0) is 12.5 Å². The lowest BCUT2D eigenvalue weighted by atomic mass is 10.8. The number of carbonyl (C=O) groups excluding carboxylic acids is 2. The molecule has 0 aromatic heterocycles. The summed E-state index contributed by atoms with van der Waals surface area (Å²) in [5.74, 6) is -0.0945. The highest BCUT2D eigenvalue weighted by Crippen LogP contribution is 2.11. The van der Waals surface area contributed by atoms with Crippen molar-refractivity contribution < 1.29 is 19.1 Å². The first kappa shape index (κ1) is 17.3. The lowest BCUT2D eigenvalue weighted by Gasteiger charge is -2.00. The van der Waals surface area contributed by atoms with Crippen LogP contribution in [0, 0.1) is 0 Å². The van der Waals surface area contributed by atoms with Crippen LogP contribution in [0.2, 0.25) is 0 Å². The van der Waals surface area contributed by atoms with Gasteiger partial charge in [0, 0.05) is 0 Å². The molecule has 15 heavy (non-hydrogen) atoms. The molecule has 0 spiro atoms. The van der Waals surface area contributed by atoms with Crippen LogP contribution in [0.5, 0.6) is 0 Å². The number of carbonyl (C=O) groups is 2. The second-order valence-corrected chi connectivity index (χ2v) is 4.59. The fraction of sp³-hybridized carbons (Fsp3) is 0.750. The first-order valence-electron chi connectivity index (χ1n) is 3.83. The molecular formula is C8H15ClO4S2. The zero-order valence-corrected chi connectivity index (χ0v) is 11.5. The highest BCUT2D eigenvalue weighted by Gasteiger charge is 2.11. The van der Waals surface area contributed by atoms with Gasteiger partial charge in [-0.15, -0.1) is 11.8 Å². The van der Waals surface area contributed by atoms with Gasteiger partial charge in [-0.1, -0.05) is 11.6 Å². The number of halogens is 1. The van der Waals surface area contributed by atoms with Crippen LogP contribution in [0.1, 0.15) is 0 Å². The molecular weight excluding hydrogens is 260 g/mol. The van der Waals surface area contributed by atoms with E-state index in [-0.39, 0.29) is 11.9 Å². The molecule has 1 atom stereocenters. The summed E-state index contributed by atoms with van der Waals surface area (Å²) < 4.78 is 8.09. The molecule has 0 radical (unpaired) electrons. The van der Waals surface area contributed by atoms with Gasteiger partial charge in [-0.2, -0.15) is 11.8 Å². The maximum atomic E-state index is 10.4. The van der Waals surface area contributed by atoms with Crippen LogP contribution in [-0.2, 0) is 19.1 Å². The monoisotopic (exact) mass is 274 g/mol. The summed E-state index contributed by atoms with van der Waals surface area (Å²) in [6.07, 6.45) is 3.60. The standard InChI is InChI=1S/C4H7ClO2S.C4H8O2S/c1-7-4(6)3(5)8-2;1-6-4(5)3-7-2/h3H,1-2H3;3H2,1-2H3. The number of rotatable bonds is 4. The van der Waals surface area contributed by atoms with Crippen molar-refractivity contribution >= 4 is 47.1 Å². The number of hydrogen-bond acceptors (Lipinski definition) is 6. The Morgan fingerprint density at radius 2 is 1.80 bits per heavy atom. The summed E-state index contributed by atoms with van der Waals surface area (Å²) in [7, 11) is 2.70. The van der Waals surface area contributed by atoms with Crippen molar-refractivity contribution in [3.63, 3.8) is 0 Å². The van der Waals surface area contributed by atoms with Crippen LogP contribution in [0.25, 0.3) is 0 Å². The van der Waals surface area contributed by atoms with Crippen molar-refractivity contribution in [3.8, 4) is 0 Å². The number of ether oxygens (including phenoxy) is 2. The fourth-order valence-corrected chi connectivity index (χ4v) is 1.10. The zero-order chi connectivity index (χ0) is 12.3. The molecule has 0 aliphatic heterocycles. The average molecular weight is 275 g/mol. The normalized spacial score (nSPS) is 10.7. The molecule has 0 aromatic carbocycles. The number of alkyl halides is 1. The largest absolute Gasteiger partial charge is 0.468 e. The number of esters is 2. The summed E-state index contributed by atoms with van der Waals surface area (Å²) in [5, 5.41) is 0. The fourth-order valence-electron chi connectivity index (χ4n) is 0.366. The molecule has 1 unspecified atom stereocenters. The summed E-state index contributed by atoms with van der Waals surface area (Å²) in [4.78, 5) is 20.5. The molecule has 4 nitrogen and oxygen atoms in total. The number of methoxy groups -OCH3 is 2. The van der Waals surface area contributed by atoms with Crippen molar-refractivity contribution in [1.82, 2.24) is 0 Å². The van der Waals surface area contributed by atoms with E-state index in [1.165, 1.54) is 37.7 Å². The predicted molar refractivity (Wildman–Crippen MR) is 65.6 cm³/mol. The zero-order valence-electron chi connectivity index (χ0n) is 9.11. The lowest BCUT2D eigenvalue weighted by Crippen LogP contribution is -2.11. The van der Waals surface area contributed by atoms with E-state index in [0.717, 1.165) is 0 Å². The van der Waals surface area contributed by atoms with Crippen LogP contribution >= 0.6 is 35.1 Å². The first-order chi connectivity index (χ1) is 7.03. The minimum absolute atomic E-state index is 0.160. The number of hydrogen-bond donors (Lipinski definition) is 0. The Labute approximate surface area is 103 Å². The van der Waals surface area contributed by atoms with Crippen molar-refractivity contribution in [1.29, 1.82) is 0 Å². The summed E-state index contributed by atoms with van der Waals surface area (Å²) in [5.41, 5.74) is 0. The Morgan fingerprint density at radius 3 is 1.93 bits per heavy atom. The minimum Gasteiger partial charge on any atom is -0.468 e. The third kappa shape index (κ3) is 11.9. The quantitative estimate of drug-likeness (QED) is 0.573. The molecule has 0 saturated carbocycles. The van der Waals surface area contributed by atoms with Crippen molar-refractivity contribution in [2.24, 2.45) is 0 Å². The van der Waals surface area contributed by atoms with Gasteiger partial charge in [0.05, 0.1) is 20.0 Å². The molecule has 0 aromatic rings. The van der Waals surface area contributed by atoms with E-state index in [0.29, 0.717) is 5.75 Å². The predicted octanol–water partition coefficient (Wildman–Crippen LogP) is 1.61. The Bertz CT molecular complexity index is 189. The maximum Gasteiger partial charge on any atom is 0.334 e. The molecule has 0 saturated heterocycles. The van der Waals surface area contributed by atoms with Crippen LogP contribution in [-0.4, -0.2) is 49.1 Å². The molecule has 0 rings (SSSR count). The highest BCUT2D eigenvalue weighted by atomic mass is 35.5. The summed E-state index contributed by atoms with van der Waals surface area (Å²) in [6.45, 7) is 0. The Kier molecular flexibility index (Phi) is 13.9. The van der Waals surface area contributed by atoms with Crippen LogP contribution < -0.4 is 0 Å². The summed E-state index contributed by atoms with van der Waals surface area (Å²) >= 11 is 8.11. The van der Waals surface area contributed by atoms with E-state index in [1.54, 1.807) is 6.26 Å². The van der Waals surface area contributed by atoms with Crippen molar-refractivity contribution in [2.75, 3.05) is 32.5 Å². The van der Waals surface area contributed by atoms with E-state index in [2.05, 4.69) is 9.47 Å². The van der Waals surface area contributed by atoms with Crippen LogP contribution in [0.4, 0.5) is 0 Å². The molecule has 0 N–H and O–H groups in total. The van der Waals surface area contributed by atoms with E-state index < -0.39 is 4.71 Å². The van der Waals surface area contributed by atoms with Gasteiger partial charge in [0.2, 0.25) is 0 Å². The van der Waals surface area contributed by atoms with Gasteiger partial charge in [-0.25, -0.2) is 4.79 Å². The first-order valence-corrected chi connectivity index (χ1v) is 6.95. The van der Waals surface area contributed by atoms with Crippen molar-refractivity contribution in [3.05, 3.63) is 0 Å². The van der Waals surface area contributed by atoms with E-state index in [1.807, 2.05) is 6.26 Å². The molecule has 0 bridgehead atoms. The molecule has 0 aliphatic carbocycles. The Hall–Kier alpha value is -0.0700. The lowest BCUT2D eigenvalue weighted by molar-refractivity contribution is -0.138. The van der Waals surface area contributed by atoms with Gasteiger partial charge in [-0.3, -0.25) is 4.79 Å². The smallest absolute Gasteiger partial charge is 0.334 e. The van der Waals surface area contributed by atoms with Crippen LogP contribution in [0.15, 0.2) is 0 Å². The topological polar surface area (TPSA) is 52.6 Å². The van der Waals surface area contributed by atoms with Gasteiger partial charge >= 0.3 is 11.9 Å². The van der Waals surface area contributed by atoms with Gasteiger partial charge < -0.3 is 9.47 Å². The maximum absolute atomic E-state index is 10.4. The molecule has 7 heteroatoms. The van der Waals surface area contributed by atoms with Gasteiger partial charge in [0.25, 0.3) is 0 Å².